The Balaban J connectivity index is 1.34. The number of hydrogen-bond acceptors (Lipinski definition) is 3. The van der Waals surface area contributed by atoms with E-state index < -0.39 is 0 Å². The summed E-state index contributed by atoms with van der Waals surface area (Å²) in [4.78, 5) is 4.62. The van der Waals surface area contributed by atoms with Crippen molar-refractivity contribution in [2.24, 2.45) is 0 Å². The van der Waals surface area contributed by atoms with Crippen LogP contribution in [0, 0.1) is 20.8 Å². The van der Waals surface area contributed by atoms with Crippen LogP contribution in [0.2, 0.25) is 10.0 Å². The molecule has 8 heteroatoms. The van der Waals surface area contributed by atoms with Crippen LogP contribution in [0.25, 0.3) is 0 Å². The Hall–Kier alpha value is -2.12. The van der Waals surface area contributed by atoms with E-state index in [1.807, 2.05) is 23.7 Å². The van der Waals surface area contributed by atoms with Crippen LogP contribution in [0.15, 0.2) is 42.5 Å². The lowest BCUT2D eigenvalue weighted by molar-refractivity contribution is 0.177. The first-order chi connectivity index (χ1) is 15.8. The lowest BCUT2D eigenvalue weighted by Gasteiger charge is -2.36. The zero-order valence-corrected chi connectivity index (χ0v) is 21.6. The van der Waals surface area contributed by atoms with E-state index in [1.54, 1.807) is 6.07 Å². The summed E-state index contributed by atoms with van der Waals surface area (Å²) in [5.41, 5.74) is 6.64. The summed E-state index contributed by atoms with van der Waals surface area (Å²) < 4.78 is 2.04. The number of rotatable bonds is 5. The maximum absolute atomic E-state index is 6.35. The van der Waals surface area contributed by atoms with E-state index in [9.17, 15) is 0 Å². The standard InChI is InChI=1S/C25H29Cl2N5S/c1-17-4-6-20(7-5-17)15-32-19(3)24(18(2)29-32)28-25(33)31-12-10-30(11-13-31)16-21-8-9-22(26)14-23(21)27/h4-9,14H,10-13,15-16H2,1-3H3,(H,28,33). The van der Waals surface area contributed by atoms with E-state index in [1.165, 1.54) is 11.1 Å². The van der Waals surface area contributed by atoms with Gasteiger partial charge in [0.2, 0.25) is 0 Å². The molecule has 1 N–H and O–H groups in total. The van der Waals surface area contributed by atoms with Gasteiger partial charge in [0.15, 0.2) is 5.11 Å². The Morgan fingerprint density at radius 1 is 0.970 bits per heavy atom. The van der Waals surface area contributed by atoms with Crippen LogP contribution in [-0.4, -0.2) is 50.9 Å². The molecule has 0 radical (unpaired) electrons. The third-order valence-corrected chi connectivity index (χ3v) is 7.08. The molecule has 0 aliphatic carbocycles. The summed E-state index contributed by atoms with van der Waals surface area (Å²) in [6.07, 6.45) is 0. The zero-order valence-electron chi connectivity index (χ0n) is 19.2. The Morgan fingerprint density at radius 2 is 1.67 bits per heavy atom. The molecule has 2 heterocycles. The lowest BCUT2D eigenvalue weighted by Crippen LogP contribution is -2.49. The second kappa shape index (κ2) is 10.4. The summed E-state index contributed by atoms with van der Waals surface area (Å²) in [7, 11) is 0. The molecular weight excluding hydrogens is 473 g/mol. The largest absolute Gasteiger partial charge is 0.346 e. The van der Waals surface area contributed by atoms with Gasteiger partial charge in [-0.25, -0.2) is 0 Å². The molecule has 1 aliphatic rings. The van der Waals surface area contributed by atoms with E-state index in [-0.39, 0.29) is 0 Å². The highest BCUT2D eigenvalue weighted by Gasteiger charge is 2.21. The Labute approximate surface area is 211 Å². The van der Waals surface area contributed by atoms with Crippen LogP contribution >= 0.6 is 35.4 Å². The molecular formula is C25H29Cl2N5S. The number of thiocarbonyl (C=S) groups is 1. The highest BCUT2D eigenvalue weighted by molar-refractivity contribution is 7.80. The average molecular weight is 503 g/mol. The maximum atomic E-state index is 6.35. The van der Waals surface area contributed by atoms with Crippen molar-refractivity contribution in [1.82, 2.24) is 19.6 Å². The molecule has 2 aromatic carbocycles. The summed E-state index contributed by atoms with van der Waals surface area (Å²) in [5, 5.41) is 10.3. The van der Waals surface area contributed by atoms with Gasteiger partial charge in [-0.05, 0) is 56.2 Å². The molecule has 0 bridgehead atoms. The van der Waals surface area contributed by atoms with Crippen LogP contribution in [0.3, 0.4) is 0 Å². The number of nitrogens with zero attached hydrogens (tertiary/aromatic N) is 4. The normalized spacial score (nSPS) is 14.5. The second-order valence-electron chi connectivity index (χ2n) is 8.62. The number of aromatic nitrogens is 2. The van der Waals surface area contributed by atoms with Gasteiger partial charge in [0, 0.05) is 42.8 Å². The molecule has 33 heavy (non-hydrogen) atoms. The summed E-state index contributed by atoms with van der Waals surface area (Å²) in [6.45, 7) is 11.4. The van der Waals surface area contributed by atoms with Crippen LogP contribution < -0.4 is 5.32 Å². The smallest absolute Gasteiger partial charge is 0.173 e. The lowest BCUT2D eigenvalue weighted by atomic mass is 10.1. The Bertz CT molecular complexity index is 1130. The molecule has 0 spiro atoms. The average Bonchev–Trinajstić information content (AvgIpc) is 3.05. The first-order valence-corrected chi connectivity index (χ1v) is 12.3. The molecule has 3 aromatic rings. The number of piperazine rings is 1. The number of halogens is 2. The fourth-order valence-corrected chi connectivity index (χ4v) is 4.84. The molecule has 1 saturated heterocycles. The monoisotopic (exact) mass is 501 g/mol. The number of aryl methyl sites for hydroxylation is 2. The highest BCUT2D eigenvalue weighted by Crippen LogP contribution is 2.24. The molecule has 174 valence electrons. The third kappa shape index (κ3) is 5.87. The maximum Gasteiger partial charge on any atom is 0.173 e. The minimum absolute atomic E-state index is 0.665. The van der Waals surface area contributed by atoms with Crippen molar-refractivity contribution in [1.29, 1.82) is 0 Å². The number of anilines is 1. The van der Waals surface area contributed by atoms with Gasteiger partial charge in [0.25, 0.3) is 0 Å². The zero-order chi connectivity index (χ0) is 23.5. The van der Waals surface area contributed by atoms with Crippen molar-refractivity contribution >= 4 is 46.2 Å². The molecule has 1 aliphatic heterocycles. The molecule has 0 amide bonds. The van der Waals surface area contributed by atoms with E-state index in [4.69, 9.17) is 40.5 Å². The molecule has 0 unspecified atom stereocenters. The summed E-state index contributed by atoms with van der Waals surface area (Å²) in [6, 6.07) is 14.3. The number of benzene rings is 2. The molecule has 5 nitrogen and oxygen atoms in total. The van der Waals surface area contributed by atoms with Crippen LogP contribution in [0.4, 0.5) is 5.69 Å². The predicted octanol–water partition coefficient (Wildman–Crippen LogP) is 5.68. The van der Waals surface area contributed by atoms with E-state index in [0.29, 0.717) is 5.02 Å². The van der Waals surface area contributed by atoms with Gasteiger partial charge in [0.05, 0.1) is 23.6 Å². The molecule has 0 saturated carbocycles. The van der Waals surface area contributed by atoms with E-state index >= 15 is 0 Å². The van der Waals surface area contributed by atoms with Gasteiger partial charge in [0.1, 0.15) is 0 Å². The van der Waals surface area contributed by atoms with Gasteiger partial charge in [-0.15, -0.1) is 0 Å². The van der Waals surface area contributed by atoms with Crippen molar-refractivity contribution in [3.8, 4) is 0 Å². The minimum Gasteiger partial charge on any atom is -0.346 e. The fraction of sp³-hybridized carbons (Fsp3) is 0.360. The van der Waals surface area contributed by atoms with Crippen molar-refractivity contribution in [2.45, 2.75) is 33.9 Å². The van der Waals surface area contributed by atoms with Crippen LogP contribution in [-0.2, 0) is 13.1 Å². The summed E-state index contributed by atoms with van der Waals surface area (Å²) in [5.74, 6) is 0. The first-order valence-electron chi connectivity index (χ1n) is 11.1. The van der Waals surface area contributed by atoms with Crippen LogP contribution in [0.5, 0.6) is 0 Å². The topological polar surface area (TPSA) is 36.3 Å². The summed E-state index contributed by atoms with van der Waals surface area (Å²) >= 11 is 18.1. The van der Waals surface area contributed by atoms with Gasteiger partial charge < -0.3 is 10.2 Å². The quantitative estimate of drug-likeness (QED) is 0.455. The molecule has 1 fully saturated rings. The number of hydrogen-bond donors (Lipinski definition) is 1. The van der Waals surface area contributed by atoms with Crippen molar-refractivity contribution in [2.75, 3.05) is 31.5 Å². The van der Waals surface area contributed by atoms with Crippen molar-refractivity contribution in [3.63, 3.8) is 0 Å². The van der Waals surface area contributed by atoms with Gasteiger partial charge in [-0.3, -0.25) is 9.58 Å². The Kier molecular flexibility index (Phi) is 7.59. The first kappa shape index (κ1) is 24.0. The van der Waals surface area contributed by atoms with E-state index in [2.05, 4.69) is 53.2 Å². The number of nitrogens with one attached hydrogen (secondary N) is 1. The molecule has 1 aromatic heterocycles. The van der Waals surface area contributed by atoms with Gasteiger partial charge in [-0.2, -0.15) is 5.10 Å². The van der Waals surface area contributed by atoms with Crippen LogP contribution in [0.1, 0.15) is 28.1 Å². The predicted molar refractivity (Wildman–Crippen MR) is 142 cm³/mol. The minimum atomic E-state index is 0.665. The van der Waals surface area contributed by atoms with Crippen molar-refractivity contribution < 1.29 is 0 Å². The fourth-order valence-electron chi connectivity index (χ4n) is 4.08. The van der Waals surface area contributed by atoms with E-state index in [0.717, 1.165) is 72.0 Å². The van der Waals surface area contributed by atoms with Gasteiger partial charge in [-0.1, -0.05) is 59.1 Å². The van der Waals surface area contributed by atoms with Crippen molar-refractivity contribution in [3.05, 3.63) is 80.6 Å². The SMILES string of the molecule is Cc1ccc(Cn2nc(C)c(NC(=S)N3CCN(Cc4ccc(Cl)cc4Cl)CC3)c2C)cc1. The Morgan fingerprint density at radius 3 is 2.33 bits per heavy atom. The second-order valence-corrected chi connectivity index (χ2v) is 9.85. The third-order valence-electron chi connectivity index (χ3n) is 6.13. The highest BCUT2D eigenvalue weighted by atomic mass is 35.5. The molecule has 4 rings (SSSR count). The molecule has 0 atom stereocenters. The van der Waals surface area contributed by atoms with Gasteiger partial charge >= 0.3 is 0 Å².